The molecule has 3 N–H and O–H groups in total. The number of aliphatic hydroxyl groups excluding tert-OH is 2. The van der Waals surface area contributed by atoms with E-state index in [1.54, 1.807) is 6.07 Å². The zero-order valence-electron chi connectivity index (χ0n) is 16.2. The van der Waals surface area contributed by atoms with Crippen LogP contribution in [0.2, 0.25) is 0 Å². The molecule has 3 rings (SSSR count). The Morgan fingerprint density at radius 1 is 1.06 bits per heavy atom. The van der Waals surface area contributed by atoms with Crippen LogP contribution in [0.15, 0.2) is 42.5 Å². The van der Waals surface area contributed by atoms with E-state index < -0.39 is 53.7 Å². The molecule has 2 atom stereocenters. The van der Waals surface area contributed by atoms with E-state index in [4.69, 9.17) is 0 Å². The van der Waals surface area contributed by atoms with Gasteiger partial charge in [0.25, 0.3) is 11.8 Å². The van der Waals surface area contributed by atoms with Crippen molar-refractivity contribution in [2.24, 2.45) is 0 Å². The number of fused-ring (bicyclic) bond motifs is 1. The van der Waals surface area contributed by atoms with Gasteiger partial charge in [0.05, 0.1) is 5.56 Å². The number of nitrogens with zero attached hydrogens (tertiary/aromatic N) is 1. The molecule has 1 aliphatic rings. The van der Waals surface area contributed by atoms with Crippen molar-refractivity contribution in [1.82, 2.24) is 10.2 Å². The van der Waals surface area contributed by atoms with E-state index in [9.17, 15) is 37.4 Å². The highest BCUT2D eigenvalue weighted by Crippen LogP contribution is 2.30. The molecule has 166 valence electrons. The standard InChI is InChI=1S/C21H20F4N2O4/c22-16-6-5-15(21(23,24)25)9-14(16)10-26-19(30)17(28)18(29)20(31)27-8-7-12-3-1-2-4-13(12)11-27/h1-6,9,17-18,28-29H,7-8,10-11H2,(H,26,30)/t17-,18-/m1/s1. The van der Waals surface area contributed by atoms with Crippen LogP contribution in [-0.2, 0) is 35.3 Å². The van der Waals surface area contributed by atoms with Gasteiger partial charge in [0.15, 0.2) is 12.2 Å². The first kappa shape index (κ1) is 22.7. The second-order valence-electron chi connectivity index (χ2n) is 7.19. The number of amides is 2. The van der Waals surface area contributed by atoms with Crippen LogP contribution >= 0.6 is 0 Å². The fraction of sp³-hybridized carbons (Fsp3) is 0.333. The molecule has 31 heavy (non-hydrogen) atoms. The number of aliphatic hydroxyl groups is 2. The van der Waals surface area contributed by atoms with Gasteiger partial charge in [-0.2, -0.15) is 13.2 Å². The summed E-state index contributed by atoms with van der Waals surface area (Å²) < 4.78 is 52.1. The van der Waals surface area contributed by atoms with Crippen LogP contribution in [0.25, 0.3) is 0 Å². The van der Waals surface area contributed by atoms with E-state index >= 15 is 0 Å². The maximum absolute atomic E-state index is 13.8. The molecule has 0 spiro atoms. The zero-order valence-corrected chi connectivity index (χ0v) is 16.2. The second kappa shape index (κ2) is 9.03. The van der Waals surface area contributed by atoms with E-state index in [0.29, 0.717) is 24.6 Å². The number of nitrogens with one attached hydrogen (secondary N) is 1. The Bertz CT molecular complexity index is 980. The molecule has 1 heterocycles. The average Bonchev–Trinajstić information content (AvgIpc) is 2.75. The lowest BCUT2D eigenvalue weighted by molar-refractivity contribution is -0.153. The van der Waals surface area contributed by atoms with Gasteiger partial charge in [0.1, 0.15) is 5.82 Å². The number of halogens is 4. The predicted molar refractivity (Wildman–Crippen MR) is 101 cm³/mol. The van der Waals surface area contributed by atoms with Crippen molar-refractivity contribution in [3.8, 4) is 0 Å². The van der Waals surface area contributed by atoms with Crippen LogP contribution in [0.4, 0.5) is 17.6 Å². The molecule has 0 unspecified atom stereocenters. The molecule has 0 bridgehead atoms. The molecule has 2 aromatic carbocycles. The van der Waals surface area contributed by atoms with Gasteiger partial charge in [0, 0.05) is 25.2 Å². The first-order valence-electron chi connectivity index (χ1n) is 9.43. The molecule has 6 nitrogen and oxygen atoms in total. The highest BCUT2D eigenvalue weighted by molar-refractivity contribution is 5.90. The van der Waals surface area contributed by atoms with E-state index in [1.807, 2.05) is 23.5 Å². The Balaban J connectivity index is 1.60. The molecule has 2 aromatic rings. The first-order valence-corrected chi connectivity index (χ1v) is 9.43. The van der Waals surface area contributed by atoms with Crippen LogP contribution in [0.3, 0.4) is 0 Å². The lowest BCUT2D eigenvalue weighted by atomic mass is 9.99. The summed E-state index contributed by atoms with van der Waals surface area (Å²) in [7, 11) is 0. The van der Waals surface area contributed by atoms with Gasteiger partial charge in [-0.1, -0.05) is 24.3 Å². The minimum absolute atomic E-state index is 0.204. The first-order chi connectivity index (χ1) is 14.6. The summed E-state index contributed by atoms with van der Waals surface area (Å²) in [6, 6.07) is 9.14. The molecule has 2 amide bonds. The van der Waals surface area contributed by atoms with Crippen molar-refractivity contribution >= 4 is 11.8 Å². The van der Waals surface area contributed by atoms with Gasteiger partial charge in [-0.15, -0.1) is 0 Å². The molecular weight excluding hydrogens is 420 g/mol. The summed E-state index contributed by atoms with van der Waals surface area (Å²) in [5, 5.41) is 22.2. The molecule has 0 fully saturated rings. The minimum atomic E-state index is -4.69. The molecule has 0 saturated heterocycles. The van der Waals surface area contributed by atoms with Crippen molar-refractivity contribution in [3.63, 3.8) is 0 Å². The Labute approximate surface area is 175 Å². The third-order valence-electron chi connectivity index (χ3n) is 5.09. The number of rotatable bonds is 5. The summed E-state index contributed by atoms with van der Waals surface area (Å²) >= 11 is 0. The number of carbonyl (C=O) groups excluding carboxylic acids is 2. The highest BCUT2D eigenvalue weighted by atomic mass is 19.4. The van der Waals surface area contributed by atoms with Crippen LogP contribution in [0.1, 0.15) is 22.3 Å². The number of benzene rings is 2. The predicted octanol–water partition coefficient (Wildman–Crippen LogP) is 1.77. The van der Waals surface area contributed by atoms with E-state index in [1.165, 1.54) is 4.90 Å². The molecule has 0 aromatic heterocycles. The number of alkyl halides is 3. The zero-order chi connectivity index (χ0) is 22.8. The van der Waals surface area contributed by atoms with Crippen molar-refractivity contribution < 1.29 is 37.4 Å². The van der Waals surface area contributed by atoms with Gasteiger partial charge in [-0.3, -0.25) is 9.59 Å². The van der Waals surface area contributed by atoms with Gasteiger partial charge in [-0.25, -0.2) is 4.39 Å². The van der Waals surface area contributed by atoms with Crippen LogP contribution in [0, 0.1) is 5.82 Å². The van der Waals surface area contributed by atoms with E-state index in [-0.39, 0.29) is 13.1 Å². The smallest absolute Gasteiger partial charge is 0.380 e. The third kappa shape index (κ3) is 5.20. The molecule has 10 heteroatoms. The fourth-order valence-corrected chi connectivity index (χ4v) is 3.32. The lowest BCUT2D eigenvalue weighted by Crippen LogP contribution is -2.51. The maximum Gasteiger partial charge on any atom is 0.416 e. The second-order valence-corrected chi connectivity index (χ2v) is 7.19. The average molecular weight is 440 g/mol. The summed E-state index contributed by atoms with van der Waals surface area (Å²) in [6.45, 7) is -0.170. The summed E-state index contributed by atoms with van der Waals surface area (Å²) in [4.78, 5) is 25.9. The number of carbonyl (C=O) groups is 2. The summed E-state index contributed by atoms with van der Waals surface area (Å²) in [6.07, 6.45) is -8.39. The third-order valence-corrected chi connectivity index (χ3v) is 5.09. The van der Waals surface area contributed by atoms with Crippen LogP contribution in [0.5, 0.6) is 0 Å². The van der Waals surface area contributed by atoms with E-state index in [2.05, 4.69) is 0 Å². The Hall–Kier alpha value is -2.98. The molecule has 1 aliphatic heterocycles. The maximum atomic E-state index is 13.8. The summed E-state index contributed by atoms with van der Waals surface area (Å²) in [5.74, 6) is -3.05. The highest BCUT2D eigenvalue weighted by Gasteiger charge is 2.35. The number of hydrogen-bond donors (Lipinski definition) is 3. The van der Waals surface area contributed by atoms with E-state index in [0.717, 1.165) is 11.1 Å². The quantitative estimate of drug-likeness (QED) is 0.619. The van der Waals surface area contributed by atoms with Gasteiger partial charge in [0.2, 0.25) is 0 Å². The molecule has 0 radical (unpaired) electrons. The molecule has 0 saturated carbocycles. The largest absolute Gasteiger partial charge is 0.416 e. The van der Waals surface area contributed by atoms with Crippen molar-refractivity contribution in [3.05, 3.63) is 70.5 Å². The Morgan fingerprint density at radius 2 is 1.74 bits per heavy atom. The van der Waals surface area contributed by atoms with Crippen molar-refractivity contribution in [2.45, 2.75) is 37.9 Å². The van der Waals surface area contributed by atoms with Crippen LogP contribution in [-0.4, -0.2) is 45.7 Å². The fourth-order valence-electron chi connectivity index (χ4n) is 3.32. The van der Waals surface area contributed by atoms with Gasteiger partial charge in [-0.05, 0) is 35.7 Å². The molecule has 0 aliphatic carbocycles. The van der Waals surface area contributed by atoms with Crippen molar-refractivity contribution in [1.29, 1.82) is 0 Å². The van der Waals surface area contributed by atoms with Crippen LogP contribution < -0.4 is 5.32 Å². The molecular formula is C21H20F4N2O4. The lowest BCUT2D eigenvalue weighted by Gasteiger charge is -2.31. The van der Waals surface area contributed by atoms with Gasteiger partial charge < -0.3 is 20.4 Å². The van der Waals surface area contributed by atoms with Crippen molar-refractivity contribution in [2.75, 3.05) is 6.54 Å². The Kier molecular flexibility index (Phi) is 6.61. The normalized spacial score (nSPS) is 15.7. The van der Waals surface area contributed by atoms with Gasteiger partial charge >= 0.3 is 6.18 Å². The Morgan fingerprint density at radius 3 is 2.42 bits per heavy atom. The SMILES string of the molecule is O=C(NCc1cc(C(F)(F)F)ccc1F)[C@H](O)[C@@H](O)C(=O)N1CCc2ccccc2C1. The number of hydrogen-bond acceptors (Lipinski definition) is 4. The minimum Gasteiger partial charge on any atom is -0.380 e. The monoisotopic (exact) mass is 440 g/mol. The topological polar surface area (TPSA) is 89.9 Å². The summed E-state index contributed by atoms with van der Waals surface area (Å²) in [5.41, 5.74) is 0.388.